The van der Waals surface area contributed by atoms with Crippen LogP contribution in [0.15, 0.2) is 0 Å². The molecule has 0 aromatic heterocycles. The molecule has 0 spiro atoms. The van der Waals surface area contributed by atoms with E-state index < -0.39 is 10.4 Å². The van der Waals surface area contributed by atoms with Gasteiger partial charge < -0.3 is 5.11 Å². The van der Waals surface area contributed by atoms with Gasteiger partial charge in [0, 0.05) is 6.61 Å². The Morgan fingerprint density at radius 3 is 1.59 bits per heavy atom. The Morgan fingerprint density at radius 1 is 0.765 bits per heavy atom. The average Bonchev–Trinajstić information content (AvgIpc) is 2.24. The van der Waals surface area contributed by atoms with Gasteiger partial charge in [-0.1, -0.05) is 44.9 Å². The number of aliphatic hydroxyl groups is 1. The maximum absolute atomic E-state index is 10.2. The van der Waals surface area contributed by atoms with E-state index in [9.17, 15) is 8.42 Å². The lowest BCUT2D eigenvalue weighted by atomic mass is 10.1. The molecule has 0 heterocycles. The van der Waals surface area contributed by atoms with E-state index >= 15 is 0 Å². The van der Waals surface area contributed by atoms with Crippen molar-refractivity contribution >= 4 is 10.4 Å². The molecule has 0 atom stereocenters. The lowest BCUT2D eigenvalue weighted by Crippen LogP contribution is -2.04. The van der Waals surface area contributed by atoms with Crippen LogP contribution >= 0.6 is 0 Å². The van der Waals surface area contributed by atoms with E-state index in [1.165, 1.54) is 19.3 Å². The summed E-state index contributed by atoms with van der Waals surface area (Å²) in [6.45, 7) is 0.350. The molecule has 6 heteroatoms. The summed E-state index contributed by atoms with van der Waals surface area (Å²) in [4.78, 5) is 0. The van der Waals surface area contributed by atoms with E-state index in [4.69, 9.17) is 9.66 Å². The molecule has 0 radical (unpaired) electrons. The molecular formula is C11H24O5S. The van der Waals surface area contributed by atoms with Gasteiger partial charge in [-0.05, 0) is 12.8 Å². The molecule has 0 unspecified atom stereocenters. The molecule has 0 saturated carbocycles. The van der Waals surface area contributed by atoms with Gasteiger partial charge in [0.2, 0.25) is 0 Å². The molecular weight excluding hydrogens is 244 g/mol. The lowest BCUT2D eigenvalue weighted by Gasteiger charge is -2.02. The minimum Gasteiger partial charge on any atom is -0.396 e. The third-order valence-electron chi connectivity index (χ3n) is 2.53. The standard InChI is InChI=1S/C11H24O5S/c12-10-8-6-4-2-1-3-5-7-9-11-16-17(13,14)15/h12H,1-11H2,(H,13,14,15). The zero-order valence-corrected chi connectivity index (χ0v) is 11.1. The molecule has 104 valence electrons. The van der Waals surface area contributed by atoms with Crippen molar-refractivity contribution in [3.63, 3.8) is 0 Å². The minimum absolute atomic E-state index is 0.0648. The van der Waals surface area contributed by atoms with Gasteiger partial charge in [-0.25, -0.2) is 4.18 Å². The van der Waals surface area contributed by atoms with Crippen molar-refractivity contribution in [1.29, 1.82) is 0 Å². The molecule has 0 aromatic rings. The SMILES string of the molecule is O=S(=O)(O)OCCCCCCCCCCCO. The number of hydrogen-bond donors (Lipinski definition) is 2. The van der Waals surface area contributed by atoms with Gasteiger partial charge >= 0.3 is 10.4 Å². The molecule has 0 bridgehead atoms. The summed E-state index contributed by atoms with van der Waals surface area (Å²) in [7, 11) is -4.25. The zero-order chi connectivity index (χ0) is 13.0. The average molecular weight is 268 g/mol. The number of hydrogen-bond acceptors (Lipinski definition) is 4. The third-order valence-corrected chi connectivity index (χ3v) is 3.00. The topological polar surface area (TPSA) is 83.8 Å². The van der Waals surface area contributed by atoms with Gasteiger partial charge in [-0.2, -0.15) is 8.42 Å². The van der Waals surface area contributed by atoms with Crippen LogP contribution < -0.4 is 0 Å². The van der Waals surface area contributed by atoms with Crippen LogP contribution in [-0.4, -0.2) is 31.3 Å². The van der Waals surface area contributed by atoms with Gasteiger partial charge in [-0.15, -0.1) is 0 Å². The summed E-state index contributed by atoms with van der Waals surface area (Å²) >= 11 is 0. The van der Waals surface area contributed by atoms with Crippen molar-refractivity contribution in [3.8, 4) is 0 Å². The van der Waals surface area contributed by atoms with Crippen LogP contribution in [0.2, 0.25) is 0 Å². The van der Waals surface area contributed by atoms with Crippen LogP contribution in [0.25, 0.3) is 0 Å². The van der Waals surface area contributed by atoms with Crippen LogP contribution in [-0.2, 0) is 14.6 Å². The highest BCUT2D eigenvalue weighted by molar-refractivity contribution is 7.80. The summed E-state index contributed by atoms with van der Waals surface area (Å²) in [6, 6.07) is 0. The molecule has 0 fully saturated rings. The van der Waals surface area contributed by atoms with Gasteiger partial charge in [0.15, 0.2) is 0 Å². The van der Waals surface area contributed by atoms with Crippen LogP contribution in [0, 0.1) is 0 Å². The maximum atomic E-state index is 10.2. The van der Waals surface area contributed by atoms with E-state index in [2.05, 4.69) is 4.18 Å². The summed E-state index contributed by atoms with van der Waals surface area (Å²) in [6.07, 6.45) is 9.33. The fraction of sp³-hybridized carbons (Fsp3) is 1.00. The largest absolute Gasteiger partial charge is 0.397 e. The summed E-state index contributed by atoms with van der Waals surface area (Å²) in [5.41, 5.74) is 0. The monoisotopic (exact) mass is 268 g/mol. The molecule has 2 N–H and O–H groups in total. The highest BCUT2D eigenvalue weighted by atomic mass is 32.3. The van der Waals surface area contributed by atoms with Crippen LogP contribution in [0.5, 0.6) is 0 Å². The van der Waals surface area contributed by atoms with Crippen molar-refractivity contribution < 1.29 is 22.3 Å². The maximum Gasteiger partial charge on any atom is 0.397 e. The van der Waals surface area contributed by atoms with Crippen molar-refractivity contribution in [1.82, 2.24) is 0 Å². The lowest BCUT2D eigenvalue weighted by molar-refractivity contribution is 0.261. The third kappa shape index (κ3) is 15.8. The molecule has 0 amide bonds. The minimum atomic E-state index is -4.25. The van der Waals surface area contributed by atoms with E-state index in [0.29, 0.717) is 6.42 Å². The Hall–Kier alpha value is -0.170. The van der Waals surface area contributed by atoms with Crippen LogP contribution in [0.1, 0.15) is 57.8 Å². The summed E-state index contributed by atoms with van der Waals surface area (Å²) < 4.78 is 32.9. The zero-order valence-electron chi connectivity index (χ0n) is 10.3. The molecule has 0 aliphatic rings. The number of aliphatic hydroxyl groups excluding tert-OH is 1. The van der Waals surface area contributed by atoms with Crippen molar-refractivity contribution in [3.05, 3.63) is 0 Å². The fourth-order valence-electron chi connectivity index (χ4n) is 1.62. The van der Waals surface area contributed by atoms with E-state index in [1.54, 1.807) is 0 Å². The summed E-state index contributed by atoms with van der Waals surface area (Å²) in [5, 5.41) is 8.57. The molecule has 17 heavy (non-hydrogen) atoms. The Labute approximate surface area is 104 Å². The molecule has 0 aliphatic carbocycles. The summed E-state index contributed by atoms with van der Waals surface area (Å²) in [5.74, 6) is 0. The first-order valence-corrected chi connectivity index (χ1v) is 7.65. The van der Waals surface area contributed by atoms with E-state index in [-0.39, 0.29) is 13.2 Å². The molecule has 0 aliphatic heterocycles. The van der Waals surface area contributed by atoms with Gasteiger partial charge in [0.1, 0.15) is 0 Å². The molecule has 0 rings (SSSR count). The van der Waals surface area contributed by atoms with Crippen LogP contribution in [0.4, 0.5) is 0 Å². The first-order chi connectivity index (χ1) is 8.06. The van der Waals surface area contributed by atoms with Gasteiger partial charge in [-0.3, -0.25) is 4.55 Å². The van der Waals surface area contributed by atoms with Crippen molar-refractivity contribution in [2.45, 2.75) is 57.8 Å². The predicted molar refractivity (Wildman–Crippen MR) is 66.1 cm³/mol. The first kappa shape index (κ1) is 16.8. The van der Waals surface area contributed by atoms with Gasteiger partial charge in [0.25, 0.3) is 0 Å². The highest BCUT2D eigenvalue weighted by Gasteiger charge is 2.02. The molecule has 0 aromatic carbocycles. The molecule has 0 saturated heterocycles. The van der Waals surface area contributed by atoms with Gasteiger partial charge in [0.05, 0.1) is 6.61 Å². The van der Waals surface area contributed by atoms with Crippen molar-refractivity contribution in [2.24, 2.45) is 0 Å². The Balaban J connectivity index is 3.04. The highest BCUT2D eigenvalue weighted by Crippen LogP contribution is 2.09. The van der Waals surface area contributed by atoms with Crippen molar-refractivity contribution in [2.75, 3.05) is 13.2 Å². The predicted octanol–water partition coefficient (Wildman–Crippen LogP) is 2.31. The molecule has 5 nitrogen and oxygen atoms in total. The Morgan fingerprint density at radius 2 is 1.18 bits per heavy atom. The fourth-order valence-corrected chi connectivity index (χ4v) is 1.94. The number of rotatable bonds is 12. The Kier molecular flexibility index (Phi) is 10.8. The van der Waals surface area contributed by atoms with E-state index in [0.717, 1.165) is 32.1 Å². The van der Waals surface area contributed by atoms with E-state index in [1.807, 2.05) is 0 Å². The second kappa shape index (κ2) is 11.0. The smallest absolute Gasteiger partial charge is 0.396 e. The first-order valence-electron chi connectivity index (χ1n) is 6.29. The quantitative estimate of drug-likeness (QED) is 0.419. The Bertz CT molecular complexity index is 251. The van der Waals surface area contributed by atoms with Crippen LogP contribution in [0.3, 0.4) is 0 Å². The second-order valence-corrected chi connectivity index (χ2v) is 5.25. The second-order valence-electron chi connectivity index (χ2n) is 4.16. The number of unbranched alkanes of at least 4 members (excludes halogenated alkanes) is 8. The normalized spacial score (nSPS) is 11.9.